The molecule has 1 aliphatic rings. The van der Waals surface area contributed by atoms with Crippen LogP contribution in [-0.4, -0.2) is 12.5 Å². The van der Waals surface area contributed by atoms with Crippen molar-refractivity contribution in [3.8, 4) is 0 Å². The standard InChI is InChI=1S/C12H15NO/c1-8-6-9(2)12-11(7-8)4-5-13(12)10(3)14/h6-7H,4-5H2,1-3H3. The number of fused-ring (bicyclic) bond motifs is 1. The highest BCUT2D eigenvalue weighted by atomic mass is 16.2. The van der Waals surface area contributed by atoms with Crippen LogP contribution in [0.5, 0.6) is 0 Å². The molecule has 1 aromatic carbocycles. The Balaban J connectivity index is 2.54. The lowest BCUT2D eigenvalue weighted by molar-refractivity contribution is -0.116. The molecule has 2 nitrogen and oxygen atoms in total. The van der Waals surface area contributed by atoms with Gasteiger partial charge in [0.2, 0.25) is 5.91 Å². The lowest BCUT2D eigenvalue weighted by Gasteiger charge is -2.17. The van der Waals surface area contributed by atoms with Gasteiger partial charge < -0.3 is 4.90 Å². The van der Waals surface area contributed by atoms with E-state index in [0.29, 0.717) is 0 Å². The number of anilines is 1. The molecule has 0 unspecified atom stereocenters. The molecule has 0 aliphatic carbocycles. The number of carbonyl (C=O) groups excluding carboxylic acids is 1. The molecular formula is C12H15NO. The van der Waals surface area contributed by atoms with Crippen LogP contribution >= 0.6 is 0 Å². The summed E-state index contributed by atoms with van der Waals surface area (Å²) in [5, 5.41) is 0. The molecule has 2 rings (SSSR count). The zero-order valence-corrected chi connectivity index (χ0v) is 8.92. The first-order valence-electron chi connectivity index (χ1n) is 4.98. The van der Waals surface area contributed by atoms with Crippen LogP contribution in [0, 0.1) is 13.8 Å². The van der Waals surface area contributed by atoms with Gasteiger partial charge in [-0.1, -0.05) is 17.7 Å². The average molecular weight is 189 g/mol. The molecule has 0 spiro atoms. The fraction of sp³-hybridized carbons (Fsp3) is 0.417. The van der Waals surface area contributed by atoms with Crippen LogP contribution in [0.3, 0.4) is 0 Å². The number of carbonyl (C=O) groups is 1. The Labute approximate surface area is 84.5 Å². The number of amides is 1. The predicted molar refractivity (Wildman–Crippen MR) is 57.6 cm³/mol. The Kier molecular flexibility index (Phi) is 2.06. The second kappa shape index (κ2) is 3.12. The minimum Gasteiger partial charge on any atom is -0.312 e. The van der Waals surface area contributed by atoms with E-state index in [0.717, 1.165) is 18.7 Å². The van der Waals surface area contributed by atoms with E-state index in [2.05, 4.69) is 26.0 Å². The quantitative estimate of drug-likeness (QED) is 0.612. The van der Waals surface area contributed by atoms with Crippen molar-refractivity contribution in [2.75, 3.05) is 11.4 Å². The van der Waals surface area contributed by atoms with Gasteiger partial charge in [0.1, 0.15) is 0 Å². The van der Waals surface area contributed by atoms with Gasteiger partial charge in [0.25, 0.3) is 0 Å². The fourth-order valence-electron chi connectivity index (χ4n) is 2.28. The molecule has 1 aliphatic heterocycles. The molecule has 1 amide bonds. The van der Waals surface area contributed by atoms with E-state index in [1.807, 2.05) is 4.90 Å². The highest BCUT2D eigenvalue weighted by Gasteiger charge is 2.23. The summed E-state index contributed by atoms with van der Waals surface area (Å²) in [5.74, 6) is 0.149. The first kappa shape index (κ1) is 9.25. The zero-order valence-electron chi connectivity index (χ0n) is 8.92. The molecule has 0 saturated heterocycles. The summed E-state index contributed by atoms with van der Waals surface area (Å²) in [6.07, 6.45) is 0.997. The molecule has 0 saturated carbocycles. The van der Waals surface area contributed by atoms with E-state index in [4.69, 9.17) is 0 Å². The number of benzene rings is 1. The van der Waals surface area contributed by atoms with Crippen molar-refractivity contribution in [3.05, 3.63) is 28.8 Å². The Morgan fingerprint density at radius 1 is 1.36 bits per heavy atom. The fourth-order valence-corrected chi connectivity index (χ4v) is 2.28. The van der Waals surface area contributed by atoms with Gasteiger partial charge >= 0.3 is 0 Å². The van der Waals surface area contributed by atoms with Gasteiger partial charge in [-0.25, -0.2) is 0 Å². The Bertz CT molecular complexity index is 396. The first-order valence-corrected chi connectivity index (χ1v) is 4.98. The van der Waals surface area contributed by atoms with E-state index >= 15 is 0 Å². The third kappa shape index (κ3) is 1.31. The Morgan fingerprint density at radius 2 is 2.07 bits per heavy atom. The van der Waals surface area contributed by atoms with Crippen molar-refractivity contribution >= 4 is 11.6 Å². The third-order valence-electron chi connectivity index (χ3n) is 2.78. The average Bonchev–Trinajstić information content (AvgIpc) is 2.47. The molecule has 14 heavy (non-hydrogen) atoms. The molecule has 0 aromatic heterocycles. The van der Waals surface area contributed by atoms with E-state index < -0.39 is 0 Å². The largest absolute Gasteiger partial charge is 0.312 e. The molecule has 1 aromatic rings. The maximum Gasteiger partial charge on any atom is 0.223 e. The lowest BCUT2D eigenvalue weighted by Crippen LogP contribution is -2.26. The van der Waals surface area contributed by atoms with Crippen LogP contribution in [-0.2, 0) is 11.2 Å². The van der Waals surface area contributed by atoms with Gasteiger partial charge in [-0.15, -0.1) is 0 Å². The van der Waals surface area contributed by atoms with Crippen molar-refractivity contribution < 1.29 is 4.79 Å². The second-order valence-corrected chi connectivity index (χ2v) is 4.01. The number of nitrogens with zero attached hydrogens (tertiary/aromatic N) is 1. The second-order valence-electron chi connectivity index (χ2n) is 4.01. The van der Waals surface area contributed by atoms with E-state index in [9.17, 15) is 4.79 Å². The van der Waals surface area contributed by atoms with Gasteiger partial charge in [0.05, 0.1) is 0 Å². The van der Waals surface area contributed by atoms with Crippen LogP contribution in [0.1, 0.15) is 23.6 Å². The predicted octanol–water partition coefficient (Wildman–Crippen LogP) is 2.21. The van der Waals surface area contributed by atoms with Crippen LogP contribution in [0.25, 0.3) is 0 Å². The molecule has 0 N–H and O–H groups in total. The highest BCUT2D eigenvalue weighted by Crippen LogP contribution is 2.32. The number of hydrogen-bond donors (Lipinski definition) is 0. The molecule has 0 fully saturated rings. The maximum absolute atomic E-state index is 11.4. The van der Waals surface area contributed by atoms with Gasteiger partial charge in [-0.2, -0.15) is 0 Å². The van der Waals surface area contributed by atoms with Crippen LogP contribution in [0.15, 0.2) is 12.1 Å². The summed E-state index contributed by atoms with van der Waals surface area (Å²) in [6.45, 7) is 6.65. The topological polar surface area (TPSA) is 20.3 Å². The maximum atomic E-state index is 11.4. The summed E-state index contributed by atoms with van der Waals surface area (Å²) in [4.78, 5) is 13.3. The minimum atomic E-state index is 0.149. The van der Waals surface area contributed by atoms with Crippen LogP contribution in [0.4, 0.5) is 5.69 Å². The van der Waals surface area contributed by atoms with Crippen molar-refractivity contribution in [1.82, 2.24) is 0 Å². The Hall–Kier alpha value is -1.31. The summed E-state index contributed by atoms with van der Waals surface area (Å²) in [7, 11) is 0. The summed E-state index contributed by atoms with van der Waals surface area (Å²) in [6, 6.07) is 4.32. The highest BCUT2D eigenvalue weighted by molar-refractivity contribution is 5.94. The molecule has 0 bridgehead atoms. The normalized spacial score (nSPS) is 14.4. The molecule has 74 valence electrons. The molecule has 0 atom stereocenters. The van der Waals surface area contributed by atoms with Gasteiger partial charge in [-0.05, 0) is 31.4 Å². The van der Waals surface area contributed by atoms with E-state index in [-0.39, 0.29) is 5.91 Å². The van der Waals surface area contributed by atoms with Crippen molar-refractivity contribution in [3.63, 3.8) is 0 Å². The van der Waals surface area contributed by atoms with Crippen molar-refractivity contribution in [2.24, 2.45) is 0 Å². The molecular weight excluding hydrogens is 174 g/mol. The smallest absolute Gasteiger partial charge is 0.223 e. The molecule has 1 heterocycles. The van der Waals surface area contributed by atoms with E-state index in [1.54, 1.807) is 6.92 Å². The molecule has 0 radical (unpaired) electrons. The van der Waals surface area contributed by atoms with Crippen molar-refractivity contribution in [2.45, 2.75) is 27.2 Å². The summed E-state index contributed by atoms with van der Waals surface area (Å²) < 4.78 is 0. The summed E-state index contributed by atoms with van der Waals surface area (Å²) >= 11 is 0. The van der Waals surface area contributed by atoms with Crippen molar-refractivity contribution in [1.29, 1.82) is 0 Å². The van der Waals surface area contributed by atoms with Gasteiger partial charge in [-0.3, -0.25) is 4.79 Å². The Morgan fingerprint density at radius 3 is 2.71 bits per heavy atom. The van der Waals surface area contributed by atoms with Gasteiger partial charge in [0.15, 0.2) is 0 Å². The van der Waals surface area contributed by atoms with Crippen LogP contribution < -0.4 is 4.90 Å². The summed E-state index contributed by atoms with van der Waals surface area (Å²) in [5.41, 5.74) is 4.96. The number of hydrogen-bond acceptors (Lipinski definition) is 1. The molecule has 2 heteroatoms. The lowest BCUT2D eigenvalue weighted by atomic mass is 10.0. The minimum absolute atomic E-state index is 0.149. The monoisotopic (exact) mass is 189 g/mol. The SMILES string of the molecule is CC(=O)N1CCc2cc(C)cc(C)c21. The zero-order chi connectivity index (χ0) is 10.3. The van der Waals surface area contributed by atoms with Crippen LogP contribution in [0.2, 0.25) is 0 Å². The first-order chi connectivity index (χ1) is 6.59. The van der Waals surface area contributed by atoms with E-state index in [1.165, 1.54) is 16.7 Å². The third-order valence-corrected chi connectivity index (χ3v) is 2.78. The van der Waals surface area contributed by atoms with Gasteiger partial charge in [0, 0.05) is 19.2 Å². The number of aryl methyl sites for hydroxylation is 2. The number of rotatable bonds is 0.